The zero-order valence-electron chi connectivity index (χ0n) is 10.1. The van der Waals surface area contributed by atoms with Crippen LogP contribution in [0.15, 0.2) is 0 Å². The Morgan fingerprint density at radius 3 is 1.54 bits per heavy atom. The van der Waals surface area contributed by atoms with Crippen LogP contribution in [0.3, 0.4) is 0 Å². The van der Waals surface area contributed by atoms with E-state index in [1.807, 2.05) is 0 Å². The van der Waals surface area contributed by atoms with Crippen LogP contribution in [-0.2, 0) is 17.1 Å². The second-order valence-corrected chi connectivity index (χ2v) is 9.12. The summed E-state index contributed by atoms with van der Waals surface area (Å²) in [5, 5.41) is 3.27. The summed E-state index contributed by atoms with van der Waals surface area (Å²) in [7, 11) is 0. The first-order chi connectivity index (χ1) is 6.20. The molecule has 0 saturated heterocycles. The Morgan fingerprint density at radius 2 is 1.23 bits per heavy atom. The van der Waals surface area contributed by atoms with Crippen LogP contribution in [0.25, 0.3) is 0 Å². The van der Waals surface area contributed by atoms with E-state index in [0.717, 1.165) is 11.8 Å². The van der Waals surface area contributed by atoms with Crippen molar-refractivity contribution in [2.45, 2.75) is 63.4 Å². The average molecular weight is 236 g/mol. The van der Waals surface area contributed by atoms with E-state index in [-0.39, 0.29) is 17.1 Å². The summed E-state index contributed by atoms with van der Waals surface area (Å²) in [4.78, 5) is 0. The van der Waals surface area contributed by atoms with Crippen LogP contribution in [0.5, 0.6) is 0 Å². The predicted octanol–water partition coefficient (Wildman–Crippen LogP) is 4.78. The molecule has 13 heavy (non-hydrogen) atoms. The molecule has 2 unspecified atom stereocenters. The maximum atomic E-state index is 2.40. The molecular formula is C12H26Zn. The predicted molar refractivity (Wildman–Crippen MR) is 57.8 cm³/mol. The Hall–Kier alpha value is 0.623. The fourth-order valence-corrected chi connectivity index (χ4v) is 6.45. The van der Waals surface area contributed by atoms with E-state index in [2.05, 4.69) is 27.7 Å². The van der Waals surface area contributed by atoms with Gasteiger partial charge in [0.05, 0.1) is 0 Å². The molecule has 0 saturated carbocycles. The van der Waals surface area contributed by atoms with Gasteiger partial charge in [0.1, 0.15) is 0 Å². The molecule has 0 aliphatic rings. The molecule has 0 rings (SSSR count). The second kappa shape index (κ2) is 9.19. The third-order valence-corrected chi connectivity index (χ3v) is 7.10. The second-order valence-electron chi connectivity index (χ2n) is 4.66. The van der Waals surface area contributed by atoms with Crippen LogP contribution in [0.1, 0.15) is 53.4 Å². The molecule has 0 aromatic carbocycles. The molecule has 1 heteroatoms. The summed E-state index contributed by atoms with van der Waals surface area (Å²) in [5.74, 6) is 1.99. The molecule has 2 atom stereocenters. The monoisotopic (exact) mass is 234 g/mol. The zero-order chi connectivity index (χ0) is 10.1. The van der Waals surface area contributed by atoms with Crippen LogP contribution < -0.4 is 0 Å². The zero-order valence-corrected chi connectivity index (χ0v) is 13.1. The molecule has 0 nitrogen and oxygen atoms in total. The van der Waals surface area contributed by atoms with Gasteiger partial charge in [0.2, 0.25) is 0 Å². The normalized spacial score (nSPS) is 15.1. The van der Waals surface area contributed by atoms with Gasteiger partial charge in [-0.15, -0.1) is 0 Å². The van der Waals surface area contributed by atoms with E-state index in [9.17, 15) is 0 Å². The third-order valence-electron chi connectivity index (χ3n) is 3.29. The summed E-state index contributed by atoms with van der Waals surface area (Å²) in [6.45, 7) is 9.43. The molecule has 0 aromatic rings. The van der Waals surface area contributed by atoms with Gasteiger partial charge in [-0.25, -0.2) is 0 Å². The first-order valence-corrected chi connectivity index (χ1v) is 10.4. The number of rotatable bonds is 8. The standard InChI is InChI=1S/2C6H13.Zn/c2*1-4-6(3)5-2;/h2*6H,1,4-5H2,2-3H3;. The Bertz CT molecular complexity index is 89.3. The van der Waals surface area contributed by atoms with E-state index in [1.54, 1.807) is 10.0 Å². The van der Waals surface area contributed by atoms with Crippen molar-refractivity contribution in [3.05, 3.63) is 0 Å². The minimum absolute atomic E-state index is 0.0940. The van der Waals surface area contributed by atoms with Crippen molar-refractivity contribution in [1.29, 1.82) is 0 Å². The summed E-state index contributed by atoms with van der Waals surface area (Å²) >= 11 is -0.0940. The Labute approximate surface area is 92.5 Å². The summed E-state index contributed by atoms with van der Waals surface area (Å²) < 4.78 is 0. The molecule has 0 heterocycles. The SMILES string of the molecule is CCC(C)C[CH2][Zn][CH2]CC(C)CC. The molecule has 0 aromatic heterocycles. The first kappa shape index (κ1) is 13.6. The van der Waals surface area contributed by atoms with Gasteiger partial charge < -0.3 is 0 Å². The van der Waals surface area contributed by atoms with Crippen molar-refractivity contribution in [3.63, 3.8) is 0 Å². The summed E-state index contributed by atoms with van der Waals surface area (Å²) in [6, 6.07) is 0. The molecule has 0 aliphatic heterocycles. The molecule has 76 valence electrons. The number of hydrogen-bond donors (Lipinski definition) is 0. The average Bonchev–Trinajstić information content (AvgIpc) is 2.16. The van der Waals surface area contributed by atoms with Crippen molar-refractivity contribution >= 4 is 0 Å². The van der Waals surface area contributed by atoms with Gasteiger partial charge in [0.15, 0.2) is 0 Å². The number of hydrogen-bond acceptors (Lipinski definition) is 0. The van der Waals surface area contributed by atoms with Crippen LogP contribution >= 0.6 is 0 Å². The Kier molecular flexibility index (Phi) is 9.63. The van der Waals surface area contributed by atoms with E-state index < -0.39 is 0 Å². The maximum absolute atomic E-state index is 2.40. The van der Waals surface area contributed by atoms with Crippen LogP contribution in [0.2, 0.25) is 10.0 Å². The van der Waals surface area contributed by atoms with Crippen LogP contribution in [0, 0.1) is 11.8 Å². The van der Waals surface area contributed by atoms with Gasteiger partial charge in [-0.05, 0) is 0 Å². The van der Waals surface area contributed by atoms with Crippen molar-refractivity contribution < 1.29 is 17.1 Å². The van der Waals surface area contributed by atoms with E-state index in [0.29, 0.717) is 0 Å². The van der Waals surface area contributed by atoms with Gasteiger partial charge in [0.25, 0.3) is 0 Å². The van der Waals surface area contributed by atoms with Crippen molar-refractivity contribution in [2.75, 3.05) is 0 Å². The molecule has 0 radical (unpaired) electrons. The van der Waals surface area contributed by atoms with E-state index in [4.69, 9.17) is 0 Å². The van der Waals surface area contributed by atoms with Gasteiger partial charge in [0, 0.05) is 0 Å². The molecule has 0 bridgehead atoms. The van der Waals surface area contributed by atoms with E-state index >= 15 is 0 Å². The fraction of sp³-hybridized carbons (Fsp3) is 1.00. The Morgan fingerprint density at radius 1 is 0.846 bits per heavy atom. The summed E-state index contributed by atoms with van der Waals surface area (Å²) in [5.41, 5.74) is 0. The van der Waals surface area contributed by atoms with E-state index in [1.165, 1.54) is 25.7 Å². The van der Waals surface area contributed by atoms with Crippen molar-refractivity contribution in [1.82, 2.24) is 0 Å². The van der Waals surface area contributed by atoms with Crippen LogP contribution in [0.4, 0.5) is 0 Å². The molecule has 0 N–H and O–H groups in total. The first-order valence-electron chi connectivity index (χ1n) is 6.20. The van der Waals surface area contributed by atoms with Crippen molar-refractivity contribution in [3.8, 4) is 0 Å². The van der Waals surface area contributed by atoms with Gasteiger partial charge in [-0.1, -0.05) is 0 Å². The molecule has 0 fully saturated rings. The quantitative estimate of drug-likeness (QED) is 0.420. The molecule has 0 aliphatic carbocycles. The minimum atomic E-state index is -0.0940. The fourth-order valence-electron chi connectivity index (χ4n) is 1.57. The van der Waals surface area contributed by atoms with Crippen molar-refractivity contribution in [2.24, 2.45) is 11.8 Å². The Balaban J connectivity index is 3.08. The molecule has 0 amide bonds. The van der Waals surface area contributed by atoms with Crippen LogP contribution in [-0.4, -0.2) is 0 Å². The molecular weight excluding hydrogens is 210 g/mol. The third kappa shape index (κ3) is 8.94. The topological polar surface area (TPSA) is 0 Å². The van der Waals surface area contributed by atoms with Gasteiger partial charge >= 0.3 is 92.4 Å². The van der Waals surface area contributed by atoms with Gasteiger partial charge in [-0.3, -0.25) is 0 Å². The summed E-state index contributed by atoms with van der Waals surface area (Å²) in [6.07, 6.45) is 5.81. The van der Waals surface area contributed by atoms with Gasteiger partial charge in [-0.2, -0.15) is 0 Å². The molecule has 0 spiro atoms.